The molecule has 3 atom stereocenters. The molecule has 0 aromatic carbocycles. The first-order valence-electron chi connectivity index (χ1n) is 7.73. The molecular weight excluding hydrogens is 276 g/mol. The van der Waals surface area contributed by atoms with E-state index in [0.29, 0.717) is 12.6 Å². The molecule has 3 unspecified atom stereocenters. The normalized spacial score (nSPS) is 38.1. The number of nitrogens with one attached hydrogen (secondary N) is 1. The van der Waals surface area contributed by atoms with E-state index in [9.17, 15) is 13.5 Å². The second-order valence-electron chi connectivity index (χ2n) is 6.46. The Morgan fingerprint density at radius 2 is 2.20 bits per heavy atom. The van der Waals surface area contributed by atoms with E-state index in [4.69, 9.17) is 0 Å². The van der Waals surface area contributed by atoms with Gasteiger partial charge in [-0.15, -0.1) is 0 Å². The van der Waals surface area contributed by atoms with Crippen LogP contribution in [-0.2, 0) is 9.84 Å². The summed E-state index contributed by atoms with van der Waals surface area (Å²) in [6.45, 7) is 5.88. The zero-order chi connectivity index (χ0) is 14.8. The average molecular weight is 304 g/mol. The second-order valence-corrected chi connectivity index (χ2v) is 8.69. The SMILES string of the molecule is CCCNC1(CO)CCC(N2CCS(=O)(=O)CC2C)C1. The Morgan fingerprint density at radius 3 is 2.80 bits per heavy atom. The number of sulfone groups is 1. The van der Waals surface area contributed by atoms with E-state index in [-0.39, 0.29) is 29.7 Å². The van der Waals surface area contributed by atoms with Gasteiger partial charge in [-0.3, -0.25) is 4.90 Å². The van der Waals surface area contributed by atoms with Crippen LogP contribution in [0.3, 0.4) is 0 Å². The van der Waals surface area contributed by atoms with Gasteiger partial charge in [0.1, 0.15) is 0 Å². The molecule has 2 rings (SSSR count). The van der Waals surface area contributed by atoms with Gasteiger partial charge in [0.25, 0.3) is 0 Å². The summed E-state index contributed by atoms with van der Waals surface area (Å²) in [5, 5.41) is 13.2. The van der Waals surface area contributed by atoms with Crippen LogP contribution in [0.15, 0.2) is 0 Å². The summed E-state index contributed by atoms with van der Waals surface area (Å²) in [6.07, 6.45) is 4.00. The third-order valence-electron chi connectivity index (χ3n) is 4.83. The van der Waals surface area contributed by atoms with Gasteiger partial charge in [0.2, 0.25) is 0 Å². The Bertz CT molecular complexity index is 426. The van der Waals surface area contributed by atoms with Crippen LogP contribution in [0.2, 0.25) is 0 Å². The van der Waals surface area contributed by atoms with Gasteiger partial charge in [-0.2, -0.15) is 0 Å². The molecule has 1 saturated heterocycles. The van der Waals surface area contributed by atoms with E-state index in [1.165, 1.54) is 0 Å². The van der Waals surface area contributed by atoms with Gasteiger partial charge < -0.3 is 10.4 Å². The topological polar surface area (TPSA) is 69.6 Å². The van der Waals surface area contributed by atoms with Crippen LogP contribution in [0.5, 0.6) is 0 Å². The number of aliphatic hydroxyl groups excluding tert-OH is 1. The molecule has 2 N–H and O–H groups in total. The predicted octanol–water partition coefficient (Wildman–Crippen LogP) is 0.389. The zero-order valence-corrected chi connectivity index (χ0v) is 13.5. The van der Waals surface area contributed by atoms with E-state index in [0.717, 1.165) is 32.2 Å². The molecule has 6 heteroatoms. The Morgan fingerprint density at radius 1 is 1.45 bits per heavy atom. The molecule has 1 aliphatic heterocycles. The number of hydrogen-bond donors (Lipinski definition) is 2. The van der Waals surface area contributed by atoms with E-state index in [1.807, 2.05) is 6.92 Å². The van der Waals surface area contributed by atoms with Crippen molar-refractivity contribution in [1.82, 2.24) is 10.2 Å². The van der Waals surface area contributed by atoms with Crippen molar-refractivity contribution >= 4 is 9.84 Å². The number of rotatable bonds is 5. The maximum Gasteiger partial charge on any atom is 0.153 e. The summed E-state index contributed by atoms with van der Waals surface area (Å²) >= 11 is 0. The molecule has 1 saturated carbocycles. The molecule has 0 bridgehead atoms. The van der Waals surface area contributed by atoms with Gasteiger partial charge in [0.15, 0.2) is 9.84 Å². The Labute approximate surface area is 122 Å². The molecule has 0 aromatic heterocycles. The maximum absolute atomic E-state index is 11.7. The van der Waals surface area contributed by atoms with Crippen molar-refractivity contribution in [3.8, 4) is 0 Å². The quantitative estimate of drug-likeness (QED) is 0.769. The predicted molar refractivity (Wildman–Crippen MR) is 80.6 cm³/mol. The number of aliphatic hydroxyl groups is 1. The van der Waals surface area contributed by atoms with Gasteiger partial charge in [-0.05, 0) is 39.2 Å². The summed E-state index contributed by atoms with van der Waals surface area (Å²) in [4.78, 5) is 2.34. The van der Waals surface area contributed by atoms with E-state index in [1.54, 1.807) is 0 Å². The molecule has 20 heavy (non-hydrogen) atoms. The van der Waals surface area contributed by atoms with Crippen LogP contribution in [0, 0.1) is 0 Å². The van der Waals surface area contributed by atoms with E-state index in [2.05, 4.69) is 17.1 Å². The lowest BCUT2D eigenvalue weighted by Gasteiger charge is -2.38. The maximum atomic E-state index is 11.7. The van der Waals surface area contributed by atoms with Gasteiger partial charge >= 0.3 is 0 Å². The fraction of sp³-hybridized carbons (Fsp3) is 1.00. The standard InChI is InChI=1S/C14H28N2O3S/c1-3-6-15-14(11-17)5-4-13(9-14)16-7-8-20(18,19)10-12(16)2/h12-13,15,17H,3-11H2,1-2H3. The van der Waals surface area contributed by atoms with Crippen LogP contribution in [0.1, 0.15) is 39.5 Å². The molecule has 0 aromatic rings. The molecule has 2 aliphatic rings. The molecule has 1 heterocycles. The van der Waals surface area contributed by atoms with Crippen molar-refractivity contribution < 1.29 is 13.5 Å². The first kappa shape index (κ1) is 16.2. The van der Waals surface area contributed by atoms with Gasteiger partial charge in [0, 0.05) is 24.2 Å². The van der Waals surface area contributed by atoms with Gasteiger partial charge in [-0.1, -0.05) is 6.92 Å². The lowest BCUT2D eigenvalue weighted by Crippen LogP contribution is -2.53. The minimum absolute atomic E-state index is 0.0967. The molecule has 1 aliphatic carbocycles. The zero-order valence-electron chi connectivity index (χ0n) is 12.6. The third-order valence-corrected chi connectivity index (χ3v) is 6.62. The first-order valence-corrected chi connectivity index (χ1v) is 9.55. The summed E-state index contributed by atoms with van der Waals surface area (Å²) < 4.78 is 23.3. The largest absolute Gasteiger partial charge is 0.394 e. The minimum Gasteiger partial charge on any atom is -0.394 e. The van der Waals surface area contributed by atoms with Crippen molar-refractivity contribution in [2.24, 2.45) is 0 Å². The number of hydrogen-bond acceptors (Lipinski definition) is 5. The minimum atomic E-state index is -2.85. The fourth-order valence-corrected chi connectivity index (χ4v) is 5.27. The number of nitrogens with zero attached hydrogens (tertiary/aromatic N) is 1. The highest BCUT2D eigenvalue weighted by molar-refractivity contribution is 7.91. The highest BCUT2D eigenvalue weighted by atomic mass is 32.2. The van der Waals surface area contributed by atoms with Crippen LogP contribution in [0.25, 0.3) is 0 Å². The summed E-state index contributed by atoms with van der Waals surface area (Å²) in [5.41, 5.74) is -0.156. The average Bonchev–Trinajstić information content (AvgIpc) is 2.80. The third kappa shape index (κ3) is 3.53. The molecule has 2 fully saturated rings. The lowest BCUT2D eigenvalue weighted by atomic mass is 9.98. The highest BCUT2D eigenvalue weighted by Crippen LogP contribution is 2.34. The second kappa shape index (κ2) is 6.30. The van der Waals surface area contributed by atoms with Crippen LogP contribution < -0.4 is 5.32 Å². The smallest absolute Gasteiger partial charge is 0.153 e. The van der Waals surface area contributed by atoms with Crippen molar-refractivity contribution in [2.75, 3.05) is 31.2 Å². The first-order chi connectivity index (χ1) is 9.41. The Balaban J connectivity index is 1.98. The molecule has 5 nitrogen and oxygen atoms in total. The van der Waals surface area contributed by atoms with Crippen molar-refractivity contribution in [2.45, 2.75) is 57.2 Å². The molecule has 0 amide bonds. The Hall–Kier alpha value is -0.170. The monoisotopic (exact) mass is 304 g/mol. The van der Waals surface area contributed by atoms with Crippen LogP contribution >= 0.6 is 0 Å². The van der Waals surface area contributed by atoms with E-state index >= 15 is 0 Å². The highest BCUT2D eigenvalue weighted by Gasteiger charge is 2.43. The molecule has 0 spiro atoms. The van der Waals surface area contributed by atoms with Gasteiger partial charge in [0.05, 0.1) is 18.1 Å². The summed E-state index contributed by atoms with van der Waals surface area (Å²) in [5.74, 6) is 0.556. The molecule has 0 radical (unpaired) electrons. The van der Waals surface area contributed by atoms with Crippen molar-refractivity contribution in [3.63, 3.8) is 0 Å². The summed E-state index contributed by atoms with van der Waals surface area (Å²) in [6, 6.07) is 0.497. The van der Waals surface area contributed by atoms with Crippen LogP contribution in [-0.4, -0.2) is 67.2 Å². The molecular formula is C14H28N2O3S. The fourth-order valence-electron chi connectivity index (χ4n) is 3.69. The van der Waals surface area contributed by atoms with Crippen molar-refractivity contribution in [1.29, 1.82) is 0 Å². The van der Waals surface area contributed by atoms with E-state index < -0.39 is 9.84 Å². The molecule has 118 valence electrons. The summed E-state index contributed by atoms with van der Waals surface area (Å²) in [7, 11) is -2.85. The van der Waals surface area contributed by atoms with Gasteiger partial charge in [-0.25, -0.2) is 8.42 Å². The lowest BCUT2D eigenvalue weighted by molar-refractivity contribution is 0.127. The van der Waals surface area contributed by atoms with Crippen LogP contribution in [0.4, 0.5) is 0 Å². The van der Waals surface area contributed by atoms with Crippen molar-refractivity contribution in [3.05, 3.63) is 0 Å². The Kier molecular flexibility index (Phi) is 5.10.